The fourth-order valence-electron chi connectivity index (χ4n) is 3.16. The van der Waals surface area contributed by atoms with E-state index in [-0.39, 0.29) is 18.0 Å². The van der Waals surface area contributed by atoms with Gasteiger partial charge in [-0.05, 0) is 54.2 Å². The Balaban J connectivity index is 1.89. The minimum absolute atomic E-state index is 0.0136. The summed E-state index contributed by atoms with van der Waals surface area (Å²) < 4.78 is 11.9. The lowest BCUT2D eigenvalue weighted by atomic mass is 9.96. The summed E-state index contributed by atoms with van der Waals surface area (Å²) in [6.07, 6.45) is 3.12. The molecule has 0 saturated carbocycles. The Morgan fingerprint density at radius 2 is 2.14 bits per heavy atom. The lowest BCUT2D eigenvalue weighted by Crippen LogP contribution is -2.51. The van der Waals surface area contributed by atoms with Gasteiger partial charge in [0.25, 0.3) is 5.91 Å². The molecule has 22 heavy (non-hydrogen) atoms. The van der Waals surface area contributed by atoms with Crippen LogP contribution in [0.5, 0.6) is 11.5 Å². The quantitative estimate of drug-likeness (QED) is 0.870. The molecule has 2 aliphatic heterocycles. The standard InChI is InChI=1S/C16H21BrN2O3/c1-10(18)13-4-2-3-5-19(13)16(20)11-8-12(17)15-14(9-11)21-6-7-22-15/h8-10,13H,2-7,18H2,1H3. The number of ether oxygens (including phenoxy) is 2. The zero-order valence-electron chi connectivity index (χ0n) is 12.7. The average Bonchev–Trinajstić information content (AvgIpc) is 2.54. The van der Waals surface area contributed by atoms with Gasteiger partial charge in [0, 0.05) is 24.2 Å². The molecule has 3 rings (SSSR count). The summed E-state index contributed by atoms with van der Waals surface area (Å²) in [6, 6.07) is 3.66. The number of benzene rings is 1. The molecule has 2 unspecified atom stereocenters. The molecule has 2 N–H and O–H groups in total. The van der Waals surface area contributed by atoms with E-state index in [1.807, 2.05) is 17.9 Å². The van der Waals surface area contributed by atoms with Gasteiger partial charge in [-0.2, -0.15) is 0 Å². The van der Waals surface area contributed by atoms with Gasteiger partial charge >= 0.3 is 0 Å². The molecule has 0 aromatic heterocycles. The van der Waals surface area contributed by atoms with Crippen molar-refractivity contribution in [2.45, 2.75) is 38.3 Å². The number of piperidine rings is 1. The van der Waals surface area contributed by atoms with E-state index in [1.165, 1.54) is 0 Å². The van der Waals surface area contributed by atoms with Gasteiger partial charge in [-0.15, -0.1) is 0 Å². The summed E-state index contributed by atoms with van der Waals surface area (Å²) in [5, 5.41) is 0. The first-order valence-electron chi connectivity index (χ1n) is 7.73. The third-order valence-electron chi connectivity index (χ3n) is 4.26. The molecular weight excluding hydrogens is 348 g/mol. The molecule has 1 aromatic carbocycles. The lowest BCUT2D eigenvalue weighted by molar-refractivity contribution is 0.0582. The SMILES string of the molecule is CC(N)C1CCCCN1C(=O)c1cc(Br)c2c(c1)OCCO2. The van der Waals surface area contributed by atoms with Crippen LogP contribution >= 0.6 is 15.9 Å². The monoisotopic (exact) mass is 368 g/mol. The van der Waals surface area contributed by atoms with Crippen molar-refractivity contribution in [1.29, 1.82) is 0 Å². The van der Waals surface area contributed by atoms with E-state index in [9.17, 15) is 4.79 Å². The van der Waals surface area contributed by atoms with Gasteiger partial charge in [0.15, 0.2) is 11.5 Å². The molecule has 0 aliphatic carbocycles. The van der Waals surface area contributed by atoms with E-state index in [4.69, 9.17) is 15.2 Å². The van der Waals surface area contributed by atoms with E-state index >= 15 is 0 Å². The van der Waals surface area contributed by atoms with Crippen LogP contribution in [0.15, 0.2) is 16.6 Å². The molecule has 0 spiro atoms. The van der Waals surface area contributed by atoms with Gasteiger partial charge in [0.1, 0.15) is 13.2 Å². The van der Waals surface area contributed by atoms with Crippen molar-refractivity contribution in [2.24, 2.45) is 5.73 Å². The van der Waals surface area contributed by atoms with Gasteiger partial charge in [-0.3, -0.25) is 4.79 Å². The first kappa shape index (κ1) is 15.6. The number of rotatable bonds is 2. The van der Waals surface area contributed by atoms with Crippen LogP contribution in [0.25, 0.3) is 0 Å². The zero-order chi connectivity index (χ0) is 15.7. The van der Waals surface area contributed by atoms with Crippen molar-refractivity contribution in [1.82, 2.24) is 4.90 Å². The first-order chi connectivity index (χ1) is 10.6. The topological polar surface area (TPSA) is 64.8 Å². The van der Waals surface area contributed by atoms with Crippen molar-refractivity contribution >= 4 is 21.8 Å². The molecule has 2 heterocycles. The molecule has 0 bridgehead atoms. The van der Waals surface area contributed by atoms with Crippen LogP contribution in [0.4, 0.5) is 0 Å². The van der Waals surface area contributed by atoms with Crippen molar-refractivity contribution in [3.63, 3.8) is 0 Å². The number of halogens is 1. The van der Waals surface area contributed by atoms with Crippen LogP contribution in [-0.2, 0) is 0 Å². The predicted molar refractivity (Wildman–Crippen MR) is 87.5 cm³/mol. The molecule has 2 aliphatic rings. The van der Waals surface area contributed by atoms with Crippen LogP contribution in [0.3, 0.4) is 0 Å². The van der Waals surface area contributed by atoms with Crippen LogP contribution in [0.1, 0.15) is 36.5 Å². The number of fused-ring (bicyclic) bond motifs is 1. The number of nitrogens with two attached hydrogens (primary N) is 1. The van der Waals surface area contributed by atoms with E-state index in [2.05, 4.69) is 15.9 Å². The lowest BCUT2D eigenvalue weighted by Gasteiger charge is -2.38. The fraction of sp³-hybridized carbons (Fsp3) is 0.562. The minimum Gasteiger partial charge on any atom is -0.486 e. The van der Waals surface area contributed by atoms with Crippen molar-refractivity contribution in [3.05, 3.63) is 22.2 Å². The summed E-state index contributed by atoms with van der Waals surface area (Å²) in [6.45, 7) is 3.76. The third kappa shape index (κ3) is 2.94. The maximum absolute atomic E-state index is 12.9. The van der Waals surface area contributed by atoms with Crippen LogP contribution < -0.4 is 15.2 Å². The highest BCUT2D eigenvalue weighted by Gasteiger charge is 2.31. The van der Waals surface area contributed by atoms with Gasteiger partial charge in [0.05, 0.1) is 4.47 Å². The van der Waals surface area contributed by atoms with E-state index < -0.39 is 0 Å². The highest BCUT2D eigenvalue weighted by Crippen LogP contribution is 2.39. The highest BCUT2D eigenvalue weighted by atomic mass is 79.9. The van der Waals surface area contributed by atoms with Crippen molar-refractivity contribution in [3.8, 4) is 11.5 Å². The summed E-state index contributed by atoms with van der Waals surface area (Å²) in [7, 11) is 0. The van der Waals surface area contributed by atoms with Gasteiger partial charge in [-0.25, -0.2) is 0 Å². The van der Waals surface area contributed by atoms with Crippen molar-refractivity contribution < 1.29 is 14.3 Å². The second kappa shape index (κ2) is 6.46. The Bertz CT molecular complexity index is 577. The predicted octanol–water partition coefficient (Wildman–Crippen LogP) is 2.56. The summed E-state index contributed by atoms with van der Waals surface area (Å²) >= 11 is 3.47. The molecule has 0 radical (unpaired) electrons. The Morgan fingerprint density at radius 1 is 1.36 bits per heavy atom. The number of hydrogen-bond acceptors (Lipinski definition) is 4. The molecule has 1 fully saturated rings. The Morgan fingerprint density at radius 3 is 2.91 bits per heavy atom. The molecule has 1 saturated heterocycles. The Hall–Kier alpha value is -1.27. The van der Waals surface area contributed by atoms with Gasteiger partial charge < -0.3 is 20.1 Å². The molecule has 120 valence electrons. The van der Waals surface area contributed by atoms with Crippen LogP contribution in [0, 0.1) is 0 Å². The van der Waals surface area contributed by atoms with E-state index in [0.29, 0.717) is 30.3 Å². The zero-order valence-corrected chi connectivity index (χ0v) is 14.3. The maximum atomic E-state index is 12.9. The molecular formula is C16H21BrN2O3. The molecule has 1 amide bonds. The summed E-state index contributed by atoms with van der Waals surface area (Å²) in [5.74, 6) is 1.31. The average molecular weight is 369 g/mol. The smallest absolute Gasteiger partial charge is 0.254 e. The third-order valence-corrected chi connectivity index (χ3v) is 4.85. The number of amides is 1. The number of hydrogen-bond donors (Lipinski definition) is 1. The van der Waals surface area contributed by atoms with Gasteiger partial charge in [0.2, 0.25) is 0 Å². The first-order valence-corrected chi connectivity index (χ1v) is 8.53. The van der Waals surface area contributed by atoms with E-state index in [1.54, 1.807) is 6.07 Å². The fourth-order valence-corrected chi connectivity index (χ4v) is 3.71. The summed E-state index contributed by atoms with van der Waals surface area (Å²) in [5.41, 5.74) is 6.68. The molecule has 6 heteroatoms. The molecule has 5 nitrogen and oxygen atoms in total. The van der Waals surface area contributed by atoms with Gasteiger partial charge in [-0.1, -0.05) is 0 Å². The largest absolute Gasteiger partial charge is 0.486 e. The second-order valence-corrected chi connectivity index (χ2v) is 6.76. The minimum atomic E-state index is -0.0232. The summed E-state index contributed by atoms with van der Waals surface area (Å²) in [4.78, 5) is 14.8. The molecule has 1 aromatic rings. The van der Waals surface area contributed by atoms with Crippen molar-refractivity contribution in [2.75, 3.05) is 19.8 Å². The molecule has 2 atom stereocenters. The van der Waals surface area contributed by atoms with Crippen LogP contribution in [0.2, 0.25) is 0 Å². The van der Waals surface area contributed by atoms with E-state index in [0.717, 1.165) is 30.3 Å². The Kier molecular flexibility index (Phi) is 4.59. The Labute approximate surface area is 138 Å². The maximum Gasteiger partial charge on any atom is 0.254 e. The highest BCUT2D eigenvalue weighted by molar-refractivity contribution is 9.10. The number of carbonyl (C=O) groups excluding carboxylic acids is 1. The number of likely N-dealkylation sites (tertiary alicyclic amines) is 1. The second-order valence-electron chi connectivity index (χ2n) is 5.90. The number of carbonyl (C=O) groups is 1. The normalized spacial score (nSPS) is 22.3. The number of nitrogens with zero attached hydrogens (tertiary/aromatic N) is 1. The van der Waals surface area contributed by atoms with Crippen LogP contribution in [-0.4, -0.2) is 42.6 Å².